The number of halogens is 1. The number of nitrogens with two attached hydrogens (primary N) is 1. The van der Waals surface area contributed by atoms with E-state index in [1.165, 1.54) is 11.6 Å². The zero-order valence-electron chi connectivity index (χ0n) is 9.56. The number of nitrogen functional groups attached to an aromatic ring is 1. The topological polar surface area (TPSA) is 43.1 Å². The number of hydrogen-bond acceptors (Lipinski definition) is 2. The van der Waals surface area contributed by atoms with Gasteiger partial charge in [0, 0.05) is 16.3 Å². The van der Waals surface area contributed by atoms with Crippen LogP contribution in [0.4, 0.5) is 5.69 Å². The molecule has 0 aliphatic rings. The molecule has 0 spiro atoms. The van der Waals surface area contributed by atoms with Crippen LogP contribution in [0.2, 0.25) is 5.02 Å². The monoisotopic (exact) mass is 247 g/mol. The van der Waals surface area contributed by atoms with Gasteiger partial charge in [-0.3, -0.25) is 4.79 Å². The molecule has 0 fully saturated rings. The van der Waals surface area contributed by atoms with Crippen LogP contribution in [-0.4, -0.2) is 6.29 Å². The van der Waals surface area contributed by atoms with Crippen LogP contribution in [-0.2, 0) is 0 Å². The Kier molecular flexibility index (Phi) is 5.24. The standard InChI is InChI=1S/C7H6ClNO.C7H8/c8-6-1-2-7(9)5(3-6)4-10;1-7-5-3-2-4-6-7/h1-4H,9H2;2-6H,1H3. The van der Waals surface area contributed by atoms with Gasteiger partial charge in [-0.2, -0.15) is 0 Å². The van der Waals surface area contributed by atoms with E-state index in [-0.39, 0.29) is 0 Å². The normalized spacial score (nSPS) is 9.06. The van der Waals surface area contributed by atoms with E-state index in [4.69, 9.17) is 17.3 Å². The Morgan fingerprint density at radius 3 is 2.18 bits per heavy atom. The summed E-state index contributed by atoms with van der Waals surface area (Å²) in [4.78, 5) is 10.2. The molecule has 0 heterocycles. The molecular formula is C14H14ClNO. The van der Waals surface area contributed by atoms with Gasteiger partial charge in [0.25, 0.3) is 0 Å². The number of rotatable bonds is 1. The molecule has 17 heavy (non-hydrogen) atoms. The van der Waals surface area contributed by atoms with Gasteiger partial charge >= 0.3 is 0 Å². The van der Waals surface area contributed by atoms with Crippen molar-refractivity contribution in [3.8, 4) is 0 Å². The molecule has 0 atom stereocenters. The Bertz CT molecular complexity index is 483. The SMILES string of the molecule is Cc1ccccc1.Nc1ccc(Cl)cc1C=O. The first-order chi connectivity index (χ1) is 8.13. The fourth-order valence-corrected chi connectivity index (χ4v) is 1.36. The van der Waals surface area contributed by atoms with Gasteiger partial charge < -0.3 is 5.73 Å². The summed E-state index contributed by atoms with van der Waals surface area (Å²) in [6.07, 6.45) is 0.682. The minimum absolute atomic E-state index is 0.438. The van der Waals surface area contributed by atoms with Crippen molar-refractivity contribution in [3.05, 3.63) is 64.7 Å². The van der Waals surface area contributed by atoms with Gasteiger partial charge in [0.15, 0.2) is 6.29 Å². The molecule has 0 aliphatic heterocycles. The fraction of sp³-hybridized carbons (Fsp3) is 0.0714. The molecule has 0 radical (unpaired) electrons. The summed E-state index contributed by atoms with van der Waals surface area (Å²) in [6.45, 7) is 2.08. The second-order valence-corrected chi connectivity index (χ2v) is 3.98. The van der Waals surface area contributed by atoms with Crippen LogP contribution in [0.1, 0.15) is 15.9 Å². The highest BCUT2D eigenvalue weighted by molar-refractivity contribution is 6.31. The smallest absolute Gasteiger partial charge is 0.152 e. The lowest BCUT2D eigenvalue weighted by Crippen LogP contribution is -1.91. The molecule has 0 saturated heterocycles. The predicted molar refractivity (Wildman–Crippen MR) is 72.4 cm³/mol. The molecule has 0 bridgehead atoms. The molecule has 2 aromatic rings. The van der Waals surface area contributed by atoms with Crippen molar-refractivity contribution >= 4 is 23.6 Å². The Labute approximate surface area is 106 Å². The van der Waals surface area contributed by atoms with E-state index < -0.39 is 0 Å². The molecule has 2 aromatic carbocycles. The number of aryl methyl sites for hydroxylation is 1. The Hall–Kier alpha value is -1.80. The summed E-state index contributed by atoms with van der Waals surface area (Å²) in [5, 5.41) is 0.524. The van der Waals surface area contributed by atoms with Crippen molar-refractivity contribution in [2.24, 2.45) is 0 Å². The van der Waals surface area contributed by atoms with Crippen molar-refractivity contribution in [2.75, 3.05) is 5.73 Å². The second-order valence-electron chi connectivity index (χ2n) is 3.55. The lowest BCUT2D eigenvalue weighted by Gasteiger charge is -1.96. The van der Waals surface area contributed by atoms with Crippen LogP contribution in [0, 0.1) is 6.92 Å². The molecule has 0 aliphatic carbocycles. The zero-order chi connectivity index (χ0) is 12.7. The van der Waals surface area contributed by atoms with E-state index in [1.807, 2.05) is 18.2 Å². The lowest BCUT2D eigenvalue weighted by molar-refractivity contribution is 0.112. The third-order valence-electron chi connectivity index (χ3n) is 2.12. The quantitative estimate of drug-likeness (QED) is 0.616. The first kappa shape index (κ1) is 13.3. The van der Waals surface area contributed by atoms with Crippen molar-refractivity contribution in [3.63, 3.8) is 0 Å². The second kappa shape index (κ2) is 6.71. The minimum Gasteiger partial charge on any atom is -0.398 e. The van der Waals surface area contributed by atoms with Gasteiger partial charge in [-0.05, 0) is 25.1 Å². The number of aldehydes is 1. The van der Waals surface area contributed by atoms with Crippen LogP contribution in [0.3, 0.4) is 0 Å². The highest BCUT2D eigenvalue weighted by atomic mass is 35.5. The minimum atomic E-state index is 0.438. The van der Waals surface area contributed by atoms with Crippen LogP contribution < -0.4 is 5.73 Å². The highest BCUT2D eigenvalue weighted by Crippen LogP contribution is 2.15. The highest BCUT2D eigenvalue weighted by Gasteiger charge is 1.96. The predicted octanol–water partition coefficient (Wildman–Crippen LogP) is 3.73. The van der Waals surface area contributed by atoms with Crippen LogP contribution >= 0.6 is 11.6 Å². The number of benzene rings is 2. The van der Waals surface area contributed by atoms with E-state index >= 15 is 0 Å². The van der Waals surface area contributed by atoms with Crippen LogP contribution in [0.5, 0.6) is 0 Å². The molecule has 88 valence electrons. The molecule has 2 N–H and O–H groups in total. The first-order valence-electron chi connectivity index (χ1n) is 5.15. The molecule has 0 amide bonds. The first-order valence-corrected chi connectivity index (χ1v) is 5.53. The number of carbonyl (C=O) groups excluding carboxylic acids is 1. The van der Waals surface area contributed by atoms with Gasteiger partial charge in [0.1, 0.15) is 0 Å². The van der Waals surface area contributed by atoms with E-state index in [0.29, 0.717) is 22.6 Å². The van der Waals surface area contributed by atoms with Gasteiger partial charge in [0.05, 0.1) is 0 Å². The van der Waals surface area contributed by atoms with Crippen LogP contribution in [0.15, 0.2) is 48.5 Å². The summed E-state index contributed by atoms with van der Waals surface area (Å²) >= 11 is 5.58. The van der Waals surface area contributed by atoms with E-state index in [2.05, 4.69) is 19.1 Å². The van der Waals surface area contributed by atoms with Crippen molar-refractivity contribution < 1.29 is 4.79 Å². The average molecular weight is 248 g/mol. The number of carbonyl (C=O) groups is 1. The van der Waals surface area contributed by atoms with Crippen molar-refractivity contribution in [1.29, 1.82) is 0 Å². The Morgan fingerprint density at radius 1 is 1.12 bits per heavy atom. The van der Waals surface area contributed by atoms with Crippen molar-refractivity contribution in [2.45, 2.75) is 6.92 Å². The van der Waals surface area contributed by atoms with Crippen LogP contribution in [0.25, 0.3) is 0 Å². The van der Waals surface area contributed by atoms with Crippen molar-refractivity contribution in [1.82, 2.24) is 0 Å². The zero-order valence-corrected chi connectivity index (χ0v) is 10.3. The van der Waals surface area contributed by atoms with Gasteiger partial charge in [-0.15, -0.1) is 0 Å². The summed E-state index contributed by atoms with van der Waals surface area (Å²) in [7, 11) is 0. The fourth-order valence-electron chi connectivity index (χ4n) is 1.18. The van der Waals surface area contributed by atoms with E-state index in [0.717, 1.165) is 0 Å². The maximum absolute atomic E-state index is 10.2. The van der Waals surface area contributed by atoms with E-state index in [1.54, 1.807) is 12.1 Å². The number of hydrogen-bond donors (Lipinski definition) is 1. The third kappa shape index (κ3) is 4.70. The molecule has 0 unspecified atom stereocenters. The van der Waals surface area contributed by atoms with Gasteiger partial charge in [0.2, 0.25) is 0 Å². The Balaban J connectivity index is 0.000000181. The van der Waals surface area contributed by atoms with E-state index in [9.17, 15) is 4.79 Å². The maximum atomic E-state index is 10.2. The van der Waals surface area contributed by atoms with Gasteiger partial charge in [-0.25, -0.2) is 0 Å². The third-order valence-corrected chi connectivity index (χ3v) is 2.35. The molecule has 0 aromatic heterocycles. The summed E-state index contributed by atoms with van der Waals surface area (Å²) < 4.78 is 0. The summed E-state index contributed by atoms with van der Waals surface area (Å²) in [6, 6.07) is 15.0. The summed E-state index contributed by atoms with van der Waals surface area (Å²) in [5.41, 5.74) is 7.63. The summed E-state index contributed by atoms with van der Waals surface area (Å²) in [5.74, 6) is 0. The maximum Gasteiger partial charge on any atom is 0.152 e. The number of anilines is 1. The molecule has 0 saturated carbocycles. The van der Waals surface area contributed by atoms with Gasteiger partial charge in [-0.1, -0.05) is 47.5 Å². The molecular weight excluding hydrogens is 234 g/mol. The average Bonchev–Trinajstić information content (AvgIpc) is 2.34. The molecule has 3 heteroatoms. The molecule has 2 rings (SSSR count). The largest absolute Gasteiger partial charge is 0.398 e. The molecule has 2 nitrogen and oxygen atoms in total. The Morgan fingerprint density at radius 2 is 1.76 bits per heavy atom. The lowest BCUT2D eigenvalue weighted by atomic mass is 10.2.